The summed E-state index contributed by atoms with van der Waals surface area (Å²) in [6.07, 6.45) is 45.7. The lowest BCUT2D eigenvalue weighted by Crippen LogP contribution is -2.41. The third kappa shape index (κ3) is 20.1. The van der Waals surface area contributed by atoms with Crippen LogP contribution < -0.4 is 4.57 Å². The minimum atomic E-state index is 0.621. The average molecular weight is 560 g/mol. The van der Waals surface area contributed by atoms with Crippen molar-refractivity contribution in [3.63, 3.8) is 0 Å². The molecule has 0 aromatic carbocycles. The van der Waals surface area contributed by atoms with Gasteiger partial charge in [0.15, 0.2) is 0 Å². The molecule has 2 unspecified atom stereocenters. The van der Waals surface area contributed by atoms with Crippen molar-refractivity contribution in [3.05, 3.63) is 18.2 Å². The Kier molecular flexibility index (Phi) is 26.4. The summed E-state index contributed by atoms with van der Waals surface area (Å²) in [5.74, 6) is 2.24. The molecule has 2 heteroatoms. The summed E-state index contributed by atoms with van der Waals surface area (Å²) < 4.78 is 2.62. The molecule has 1 rings (SSSR count). The minimum Gasteiger partial charge on any atom is -0.247 e. The highest BCUT2D eigenvalue weighted by Crippen LogP contribution is 2.27. The molecule has 0 bridgehead atoms. The molecule has 0 aliphatic rings. The van der Waals surface area contributed by atoms with Crippen molar-refractivity contribution in [2.75, 3.05) is 0 Å². The number of nitrogens with zero attached hydrogens (tertiary/aromatic N) is 1. The Bertz CT molecular complexity index is 621. The van der Waals surface area contributed by atoms with Crippen LogP contribution in [0.25, 0.3) is 0 Å². The molecule has 0 saturated carbocycles. The second kappa shape index (κ2) is 28.3. The zero-order valence-electron chi connectivity index (χ0n) is 28.3. The lowest BCUT2D eigenvalue weighted by Gasteiger charge is -2.17. The zero-order valence-corrected chi connectivity index (χ0v) is 28.3. The van der Waals surface area contributed by atoms with Gasteiger partial charge in [-0.1, -0.05) is 181 Å². The quantitative estimate of drug-likeness (QED) is 0.0689. The van der Waals surface area contributed by atoms with Crippen LogP contribution in [-0.4, -0.2) is 4.98 Å². The van der Waals surface area contributed by atoms with Gasteiger partial charge in [0.1, 0.15) is 12.4 Å². The fourth-order valence-electron chi connectivity index (χ4n) is 6.60. The lowest BCUT2D eigenvalue weighted by atomic mass is 9.93. The summed E-state index contributed by atoms with van der Waals surface area (Å²) in [5, 5.41) is 0. The van der Waals surface area contributed by atoms with Crippen LogP contribution in [0.2, 0.25) is 0 Å². The molecule has 1 aromatic rings. The Hall–Kier alpha value is -0.790. The standard InChI is InChI=1S/C38H74N2/c1-5-8-11-14-16-18-20-22-24-26-28-31-36(4)40-35-34-39-38(40)37(32-29-13-10-7-3)33-30-27-25-23-21-19-17-15-12-9-6-2/h34-37H,5-33H2,1-4H3/p+1. The van der Waals surface area contributed by atoms with E-state index in [1.54, 1.807) is 0 Å². The molecule has 1 aromatic heterocycles. The number of unbranched alkanes of at least 4 members (excludes halogenated alkanes) is 23. The number of imidazole rings is 1. The molecule has 1 N–H and O–H groups in total. The molecular formula is C38H75N2+. The van der Waals surface area contributed by atoms with Gasteiger partial charge in [-0.25, -0.2) is 9.55 Å². The largest absolute Gasteiger partial charge is 0.257 e. The van der Waals surface area contributed by atoms with E-state index in [4.69, 9.17) is 0 Å². The van der Waals surface area contributed by atoms with Gasteiger partial charge in [-0.15, -0.1) is 0 Å². The number of nitrogens with one attached hydrogen (secondary N) is 1. The third-order valence-corrected chi connectivity index (χ3v) is 9.39. The van der Waals surface area contributed by atoms with Crippen LogP contribution in [0.4, 0.5) is 0 Å². The van der Waals surface area contributed by atoms with Gasteiger partial charge in [-0.3, -0.25) is 0 Å². The van der Waals surface area contributed by atoms with Crippen molar-refractivity contribution in [1.29, 1.82) is 0 Å². The number of hydrogen-bond donors (Lipinski definition) is 1. The highest BCUT2D eigenvalue weighted by Gasteiger charge is 2.25. The minimum absolute atomic E-state index is 0.621. The zero-order chi connectivity index (χ0) is 28.9. The number of rotatable bonds is 31. The maximum absolute atomic E-state index is 3.72. The molecule has 40 heavy (non-hydrogen) atoms. The van der Waals surface area contributed by atoms with E-state index in [-0.39, 0.29) is 0 Å². The molecule has 0 radical (unpaired) electrons. The summed E-state index contributed by atoms with van der Waals surface area (Å²) in [6.45, 7) is 9.41. The lowest BCUT2D eigenvalue weighted by molar-refractivity contribution is -0.727. The molecule has 0 aliphatic heterocycles. The predicted molar refractivity (Wildman–Crippen MR) is 179 cm³/mol. The van der Waals surface area contributed by atoms with Crippen molar-refractivity contribution < 1.29 is 4.57 Å². The molecule has 236 valence electrons. The van der Waals surface area contributed by atoms with E-state index in [2.05, 4.69) is 49.6 Å². The van der Waals surface area contributed by atoms with Gasteiger partial charge in [0, 0.05) is 0 Å². The van der Waals surface area contributed by atoms with Gasteiger partial charge >= 0.3 is 0 Å². The Morgan fingerprint density at radius 1 is 0.475 bits per heavy atom. The molecule has 0 spiro atoms. The van der Waals surface area contributed by atoms with Crippen molar-refractivity contribution in [2.45, 2.75) is 226 Å². The van der Waals surface area contributed by atoms with E-state index in [0.29, 0.717) is 12.0 Å². The second-order valence-corrected chi connectivity index (χ2v) is 13.3. The molecule has 1 heterocycles. The second-order valence-electron chi connectivity index (χ2n) is 13.3. The third-order valence-electron chi connectivity index (χ3n) is 9.39. The van der Waals surface area contributed by atoms with Crippen LogP contribution in [0, 0.1) is 0 Å². The molecule has 0 amide bonds. The van der Waals surface area contributed by atoms with E-state index in [0.717, 1.165) is 0 Å². The smallest absolute Gasteiger partial charge is 0.247 e. The predicted octanol–water partition coefficient (Wildman–Crippen LogP) is 13.3. The fourth-order valence-corrected chi connectivity index (χ4v) is 6.60. The van der Waals surface area contributed by atoms with E-state index < -0.39 is 0 Å². The molecule has 0 saturated heterocycles. The molecular weight excluding hydrogens is 484 g/mol. The van der Waals surface area contributed by atoms with Gasteiger partial charge in [0.05, 0.1) is 12.0 Å². The number of hydrogen-bond acceptors (Lipinski definition) is 0. The molecule has 2 atom stereocenters. The highest BCUT2D eigenvalue weighted by atomic mass is 15.1. The fraction of sp³-hybridized carbons (Fsp3) is 0.921. The average Bonchev–Trinajstić information content (AvgIpc) is 3.45. The van der Waals surface area contributed by atoms with Crippen LogP contribution in [0.1, 0.15) is 232 Å². The summed E-state index contributed by atoms with van der Waals surface area (Å²) in [5.41, 5.74) is 0. The van der Waals surface area contributed by atoms with E-state index >= 15 is 0 Å². The first-order chi connectivity index (χ1) is 19.7. The SMILES string of the molecule is CCCCCCCCCCCCCC(CCCCCC)c1[nH]cc[n+]1C(C)CCCCCCCCCCCCC. The summed E-state index contributed by atoms with van der Waals surface area (Å²) in [4.78, 5) is 3.72. The number of aromatic amines is 1. The maximum Gasteiger partial charge on any atom is 0.257 e. The first-order valence-corrected chi connectivity index (χ1v) is 18.8. The Morgan fingerprint density at radius 3 is 1.20 bits per heavy atom. The van der Waals surface area contributed by atoms with Crippen molar-refractivity contribution >= 4 is 0 Å². The van der Waals surface area contributed by atoms with E-state index in [9.17, 15) is 0 Å². The van der Waals surface area contributed by atoms with Gasteiger partial charge < -0.3 is 0 Å². The highest BCUT2D eigenvalue weighted by molar-refractivity contribution is 4.90. The van der Waals surface area contributed by atoms with Gasteiger partial charge in [-0.05, 0) is 32.6 Å². The van der Waals surface area contributed by atoms with Gasteiger partial charge in [0.2, 0.25) is 0 Å². The molecule has 2 nitrogen and oxygen atoms in total. The number of H-pyrrole nitrogens is 1. The summed E-state index contributed by atoms with van der Waals surface area (Å²) >= 11 is 0. The van der Waals surface area contributed by atoms with E-state index in [1.165, 1.54) is 192 Å². The Morgan fingerprint density at radius 2 is 0.800 bits per heavy atom. The first kappa shape index (κ1) is 37.2. The first-order valence-electron chi connectivity index (χ1n) is 18.8. The van der Waals surface area contributed by atoms with Crippen molar-refractivity contribution in [2.24, 2.45) is 0 Å². The van der Waals surface area contributed by atoms with Crippen molar-refractivity contribution in [3.8, 4) is 0 Å². The van der Waals surface area contributed by atoms with Crippen LogP contribution in [0.5, 0.6) is 0 Å². The maximum atomic E-state index is 3.72. The Labute approximate surface area is 253 Å². The monoisotopic (exact) mass is 560 g/mol. The molecule has 0 aliphatic carbocycles. The van der Waals surface area contributed by atoms with Crippen molar-refractivity contribution in [1.82, 2.24) is 4.98 Å². The summed E-state index contributed by atoms with van der Waals surface area (Å²) in [7, 11) is 0. The van der Waals surface area contributed by atoms with E-state index in [1.807, 2.05) is 0 Å². The van der Waals surface area contributed by atoms with Crippen LogP contribution in [-0.2, 0) is 0 Å². The van der Waals surface area contributed by atoms with Crippen LogP contribution >= 0.6 is 0 Å². The van der Waals surface area contributed by atoms with Crippen LogP contribution in [0.3, 0.4) is 0 Å². The van der Waals surface area contributed by atoms with Gasteiger partial charge in [-0.2, -0.15) is 0 Å². The van der Waals surface area contributed by atoms with Gasteiger partial charge in [0.25, 0.3) is 5.82 Å². The number of aromatic nitrogens is 2. The normalized spacial score (nSPS) is 13.2. The summed E-state index contributed by atoms with van der Waals surface area (Å²) in [6, 6.07) is 0.621. The Balaban J connectivity index is 2.33. The molecule has 0 fully saturated rings. The topological polar surface area (TPSA) is 19.7 Å². The van der Waals surface area contributed by atoms with Crippen LogP contribution in [0.15, 0.2) is 12.4 Å².